The fourth-order valence-electron chi connectivity index (χ4n) is 4.08. The molecule has 0 radical (unpaired) electrons. The second-order valence-electron chi connectivity index (χ2n) is 12.0. The zero-order chi connectivity index (χ0) is 24.6. The van der Waals surface area contributed by atoms with Crippen LogP contribution in [0.3, 0.4) is 0 Å². The van der Waals surface area contributed by atoms with Crippen molar-refractivity contribution in [3.05, 3.63) is 41.0 Å². The summed E-state index contributed by atoms with van der Waals surface area (Å²) >= 11 is 6.22. The third kappa shape index (κ3) is 6.42. The number of ether oxygens (including phenoxy) is 1. The predicted molar refractivity (Wildman–Crippen MR) is 140 cm³/mol. The molecule has 0 fully saturated rings. The first-order valence-electron chi connectivity index (χ1n) is 12.0. The molecule has 7 heteroatoms. The maximum absolute atomic E-state index is 12.9. The third-order valence-corrected chi connectivity index (χ3v) is 13.0. The van der Waals surface area contributed by atoms with Gasteiger partial charge in [-0.25, -0.2) is 4.79 Å². The van der Waals surface area contributed by atoms with E-state index in [4.69, 9.17) is 21.4 Å². The summed E-state index contributed by atoms with van der Waals surface area (Å²) < 4.78 is 7.84. The molecule has 0 spiro atoms. The smallest absolute Gasteiger partial charge is 0.410 e. The maximum atomic E-state index is 12.9. The lowest BCUT2D eigenvalue weighted by atomic mass is 10.1. The minimum Gasteiger partial charge on any atom is -0.444 e. The number of hydrogen-bond donors (Lipinski definition) is 0. The molecule has 33 heavy (non-hydrogen) atoms. The van der Waals surface area contributed by atoms with Crippen LogP contribution in [-0.2, 0) is 11.3 Å². The fourth-order valence-corrected chi connectivity index (χ4v) is 6.11. The van der Waals surface area contributed by atoms with Gasteiger partial charge in [0, 0.05) is 17.1 Å². The van der Waals surface area contributed by atoms with Crippen molar-refractivity contribution in [1.82, 2.24) is 14.7 Å². The van der Waals surface area contributed by atoms with Crippen LogP contribution in [0.4, 0.5) is 4.79 Å². The number of fused-ring (bicyclic) bond motifs is 1. The molecule has 5 nitrogen and oxygen atoms in total. The average molecular weight is 490 g/mol. The molecule has 0 saturated heterocycles. The molecule has 1 unspecified atom stereocenters. The van der Waals surface area contributed by atoms with Gasteiger partial charge in [-0.3, -0.25) is 4.68 Å². The monoisotopic (exact) mass is 489 g/mol. The van der Waals surface area contributed by atoms with Crippen molar-refractivity contribution in [2.45, 2.75) is 96.7 Å². The Morgan fingerprint density at radius 1 is 1.18 bits per heavy atom. The molecule has 0 bridgehead atoms. The standard InChI is InChI=1S/C26H40ClN3O2Si/c1-25(2,3)32-24(31)29-17-21(13-10-14-33(7,8)26(4,5)6)30-22(18-29)16-23(28-30)19-11-9-12-20(27)15-19/h9,11-12,15-16,21H,10,13-14,17-18H2,1-8H3. The van der Waals surface area contributed by atoms with Crippen molar-refractivity contribution >= 4 is 25.8 Å². The van der Waals surface area contributed by atoms with Gasteiger partial charge < -0.3 is 9.64 Å². The van der Waals surface area contributed by atoms with Crippen LogP contribution >= 0.6 is 11.6 Å². The molecule has 1 amide bonds. The van der Waals surface area contributed by atoms with Crippen molar-refractivity contribution < 1.29 is 9.53 Å². The Labute approximate surface area is 205 Å². The fraction of sp³-hybridized carbons (Fsp3) is 0.615. The molecule has 1 aromatic heterocycles. The lowest BCUT2D eigenvalue weighted by Gasteiger charge is -2.38. The maximum Gasteiger partial charge on any atom is 0.410 e. The zero-order valence-corrected chi connectivity index (χ0v) is 23.3. The largest absolute Gasteiger partial charge is 0.444 e. The number of halogens is 1. The van der Waals surface area contributed by atoms with Crippen molar-refractivity contribution in [2.24, 2.45) is 0 Å². The summed E-state index contributed by atoms with van der Waals surface area (Å²) in [5, 5.41) is 6.03. The second-order valence-corrected chi connectivity index (χ2v) is 18.2. The normalized spacial score (nSPS) is 17.1. The molecule has 2 aromatic rings. The average Bonchev–Trinajstić information content (AvgIpc) is 3.10. The molecule has 0 aliphatic carbocycles. The molecular weight excluding hydrogens is 450 g/mol. The van der Waals surface area contributed by atoms with E-state index in [1.54, 1.807) is 0 Å². The number of carbonyl (C=O) groups is 1. The van der Waals surface area contributed by atoms with Crippen LogP contribution in [0.25, 0.3) is 11.3 Å². The lowest BCUT2D eigenvalue weighted by molar-refractivity contribution is 0.0155. The summed E-state index contributed by atoms with van der Waals surface area (Å²) in [7, 11) is -1.35. The number of rotatable bonds is 5. The van der Waals surface area contributed by atoms with Crippen molar-refractivity contribution in [3.8, 4) is 11.3 Å². The van der Waals surface area contributed by atoms with Crippen LogP contribution < -0.4 is 0 Å². The van der Waals surface area contributed by atoms with Crippen LogP contribution in [0.2, 0.25) is 29.2 Å². The number of hydrogen-bond acceptors (Lipinski definition) is 3. The van der Waals surface area contributed by atoms with Gasteiger partial charge in [-0.15, -0.1) is 0 Å². The highest BCUT2D eigenvalue weighted by molar-refractivity contribution is 6.80. The molecule has 0 saturated carbocycles. The molecule has 1 aliphatic rings. The summed E-state index contributed by atoms with van der Waals surface area (Å²) in [5.74, 6) is 0. The van der Waals surface area contributed by atoms with E-state index in [0.29, 0.717) is 23.2 Å². The summed E-state index contributed by atoms with van der Waals surface area (Å²) in [6, 6.07) is 11.3. The molecule has 3 rings (SSSR count). The first-order chi connectivity index (χ1) is 15.2. The first kappa shape index (κ1) is 25.8. The Morgan fingerprint density at radius 3 is 2.48 bits per heavy atom. The van der Waals surface area contributed by atoms with Gasteiger partial charge in [0.2, 0.25) is 0 Å². The van der Waals surface area contributed by atoms with E-state index < -0.39 is 13.7 Å². The van der Waals surface area contributed by atoms with Crippen LogP contribution in [0.15, 0.2) is 30.3 Å². The van der Waals surface area contributed by atoms with Crippen LogP contribution in [-0.4, -0.2) is 41.0 Å². The van der Waals surface area contributed by atoms with Gasteiger partial charge in [0.15, 0.2) is 0 Å². The van der Waals surface area contributed by atoms with E-state index >= 15 is 0 Å². The van der Waals surface area contributed by atoms with Crippen LogP contribution in [0.5, 0.6) is 0 Å². The Hall–Kier alpha value is -1.79. The van der Waals surface area contributed by atoms with Gasteiger partial charge >= 0.3 is 6.09 Å². The zero-order valence-electron chi connectivity index (χ0n) is 21.5. The van der Waals surface area contributed by atoms with Gasteiger partial charge in [0.05, 0.1) is 32.0 Å². The quantitative estimate of drug-likeness (QED) is 0.402. The number of amides is 1. The van der Waals surface area contributed by atoms with E-state index in [1.165, 1.54) is 6.04 Å². The van der Waals surface area contributed by atoms with Gasteiger partial charge in [-0.1, -0.05) is 70.1 Å². The highest BCUT2D eigenvalue weighted by Crippen LogP contribution is 2.40. The molecule has 1 atom stereocenters. The van der Waals surface area contributed by atoms with Crippen molar-refractivity contribution in [3.63, 3.8) is 0 Å². The lowest BCUT2D eigenvalue weighted by Crippen LogP contribution is -2.44. The van der Waals surface area contributed by atoms with Crippen LogP contribution in [0, 0.1) is 0 Å². The first-order valence-corrected chi connectivity index (χ1v) is 15.6. The summed E-state index contributed by atoms with van der Waals surface area (Å²) in [6.45, 7) is 18.9. The van der Waals surface area contributed by atoms with E-state index in [2.05, 4.69) is 44.6 Å². The number of carbonyl (C=O) groups excluding carboxylic acids is 1. The minimum atomic E-state index is -1.35. The number of nitrogens with zero attached hydrogens (tertiary/aromatic N) is 3. The SMILES string of the molecule is CC(C)(C)OC(=O)N1Cc2cc(-c3cccc(Cl)c3)nn2C(CCC[Si](C)(C)C(C)(C)C)C1. The molecule has 2 heterocycles. The summed E-state index contributed by atoms with van der Waals surface area (Å²) in [5.41, 5.74) is 2.42. The molecule has 182 valence electrons. The van der Waals surface area contributed by atoms with E-state index in [-0.39, 0.29) is 12.1 Å². The van der Waals surface area contributed by atoms with E-state index in [0.717, 1.165) is 29.8 Å². The summed E-state index contributed by atoms with van der Waals surface area (Å²) in [4.78, 5) is 14.8. The number of benzene rings is 1. The molecular formula is C26H40ClN3O2Si. The van der Waals surface area contributed by atoms with Crippen molar-refractivity contribution in [1.29, 1.82) is 0 Å². The Kier molecular flexibility index (Phi) is 7.40. The Morgan fingerprint density at radius 2 is 1.88 bits per heavy atom. The van der Waals surface area contributed by atoms with Crippen molar-refractivity contribution in [2.75, 3.05) is 6.54 Å². The second kappa shape index (κ2) is 9.45. The Bertz CT molecular complexity index is 988. The van der Waals surface area contributed by atoms with E-state index in [9.17, 15) is 4.79 Å². The molecule has 1 aromatic carbocycles. The minimum absolute atomic E-state index is 0.138. The van der Waals surface area contributed by atoms with Gasteiger partial charge in [-0.2, -0.15) is 5.10 Å². The van der Waals surface area contributed by atoms with Crippen LogP contribution in [0.1, 0.15) is 66.1 Å². The van der Waals surface area contributed by atoms with Gasteiger partial charge in [-0.05, 0) is 50.4 Å². The molecule has 0 N–H and O–H groups in total. The van der Waals surface area contributed by atoms with E-state index in [1.807, 2.05) is 49.9 Å². The highest BCUT2D eigenvalue weighted by Gasteiger charge is 2.36. The topological polar surface area (TPSA) is 47.4 Å². The highest BCUT2D eigenvalue weighted by atomic mass is 35.5. The summed E-state index contributed by atoms with van der Waals surface area (Å²) in [6.07, 6.45) is 1.87. The Balaban J connectivity index is 1.85. The van der Waals surface area contributed by atoms with Gasteiger partial charge in [0.1, 0.15) is 5.60 Å². The van der Waals surface area contributed by atoms with Gasteiger partial charge in [0.25, 0.3) is 0 Å². The third-order valence-electron chi connectivity index (χ3n) is 7.08. The predicted octanol–water partition coefficient (Wildman–Crippen LogP) is 7.78. The number of aromatic nitrogens is 2. The molecule has 1 aliphatic heterocycles.